The van der Waals surface area contributed by atoms with E-state index in [1.165, 1.54) is 17.4 Å². The van der Waals surface area contributed by atoms with Crippen LogP contribution in [0.1, 0.15) is 18.4 Å². The van der Waals surface area contributed by atoms with Crippen LogP contribution in [-0.2, 0) is 0 Å². The topological polar surface area (TPSA) is 80.8 Å². The van der Waals surface area contributed by atoms with Gasteiger partial charge in [0.1, 0.15) is 0 Å². The van der Waals surface area contributed by atoms with E-state index >= 15 is 0 Å². The number of nitro groups is 1. The van der Waals surface area contributed by atoms with Crippen LogP contribution in [0.4, 0.5) is 11.4 Å². The number of nitro benzene ring substituents is 1. The van der Waals surface area contributed by atoms with Crippen LogP contribution in [0.25, 0.3) is 22.1 Å². The molecule has 0 unspecified atom stereocenters. The fourth-order valence-electron chi connectivity index (χ4n) is 3.77. The molecule has 4 aromatic rings. The summed E-state index contributed by atoms with van der Waals surface area (Å²) in [6, 6.07) is 12.4. The highest BCUT2D eigenvalue weighted by molar-refractivity contribution is 7.15. The highest BCUT2D eigenvalue weighted by Gasteiger charge is 2.18. The average Bonchev–Trinajstić information content (AvgIpc) is 3.40. The number of thiazole rings is 1. The lowest BCUT2D eigenvalue weighted by atomic mass is 10.1. The second kappa shape index (κ2) is 6.42. The highest BCUT2D eigenvalue weighted by atomic mass is 32.1. The second-order valence-corrected chi connectivity index (χ2v) is 7.84. The van der Waals surface area contributed by atoms with E-state index in [0.717, 1.165) is 42.7 Å². The molecule has 28 heavy (non-hydrogen) atoms. The molecule has 0 saturated carbocycles. The van der Waals surface area contributed by atoms with Crippen LogP contribution >= 0.6 is 11.3 Å². The summed E-state index contributed by atoms with van der Waals surface area (Å²) in [5.41, 5.74) is 3.06. The van der Waals surface area contributed by atoms with E-state index in [0.29, 0.717) is 15.1 Å². The third kappa shape index (κ3) is 2.65. The first-order valence-electron chi connectivity index (χ1n) is 9.07. The Morgan fingerprint density at radius 3 is 2.71 bits per heavy atom. The molecule has 0 aliphatic carbocycles. The number of benzene rings is 2. The number of nitrogens with zero attached hydrogens (tertiary/aromatic N) is 4. The summed E-state index contributed by atoms with van der Waals surface area (Å²) >= 11 is 1.31. The number of anilines is 1. The lowest BCUT2D eigenvalue weighted by Crippen LogP contribution is -2.23. The minimum atomic E-state index is -0.405. The van der Waals surface area contributed by atoms with Crippen LogP contribution in [0, 0.1) is 10.1 Å². The predicted molar refractivity (Wildman–Crippen MR) is 110 cm³/mol. The summed E-state index contributed by atoms with van der Waals surface area (Å²) < 4.78 is 2.13. The first kappa shape index (κ1) is 16.9. The number of fused-ring (bicyclic) bond motifs is 3. The van der Waals surface area contributed by atoms with Gasteiger partial charge in [0, 0.05) is 36.5 Å². The molecule has 7 nitrogen and oxygen atoms in total. The van der Waals surface area contributed by atoms with Gasteiger partial charge >= 0.3 is 0 Å². The Balaban J connectivity index is 1.73. The Bertz CT molecular complexity index is 1330. The monoisotopic (exact) mass is 392 g/mol. The van der Waals surface area contributed by atoms with Crippen LogP contribution in [-0.4, -0.2) is 27.4 Å². The van der Waals surface area contributed by atoms with E-state index in [1.807, 2.05) is 24.3 Å². The Morgan fingerprint density at radius 2 is 1.93 bits per heavy atom. The van der Waals surface area contributed by atoms with E-state index in [2.05, 4.69) is 9.88 Å². The number of hydrogen-bond donors (Lipinski definition) is 0. The summed E-state index contributed by atoms with van der Waals surface area (Å²) in [6.45, 7) is 1.84. The fraction of sp³-hybridized carbons (Fsp3) is 0.200. The van der Waals surface area contributed by atoms with Gasteiger partial charge in [-0.15, -0.1) is 0 Å². The largest absolute Gasteiger partial charge is 0.371 e. The van der Waals surface area contributed by atoms with Crippen LogP contribution in [0.2, 0.25) is 0 Å². The normalized spacial score (nSPS) is 15.1. The van der Waals surface area contributed by atoms with Crippen molar-refractivity contribution in [2.75, 3.05) is 18.0 Å². The number of hydrogen-bond acceptors (Lipinski definition) is 6. The maximum absolute atomic E-state index is 13.0. The number of non-ortho nitro benzene ring substituents is 1. The van der Waals surface area contributed by atoms with Crippen molar-refractivity contribution in [1.82, 2.24) is 9.38 Å². The van der Waals surface area contributed by atoms with Gasteiger partial charge in [-0.3, -0.25) is 14.9 Å². The lowest BCUT2D eigenvalue weighted by molar-refractivity contribution is -0.384. The lowest BCUT2D eigenvalue weighted by Gasteiger charge is -2.19. The average molecular weight is 392 g/mol. The molecule has 1 fully saturated rings. The molecule has 0 spiro atoms. The van der Waals surface area contributed by atoms with E-state index in [-0.39, 0.29) is 11.2 Å². The first-order valence-corrected chi connectivity index (χ1v) is 9.88. The van der Waals surface area contributed by atoms with Crippen molar-refractivity contribution in [3.05, 3.63) is 73.0 Å². The van der Waals surface area contributed by atoms with Crippen LogP contribution in [0.15, 0.2) is 47.3 Å². The summed E-state index contributed by atoms with van der Waals surface area (Å²) in [4.78, 5) is 31.2. The molecule has 1 aliphatic heterocycles. The van der Waals surface area contributed by atoms with Gasteiger partial charge in [0.2, 0.25) is 0 Å². The molecule has 1 aliphatic rings. The van der Waals surface area contributed by atoms with Gasteiger partial charge in [-0.05, 0) is 37.1 Å². The molecular formula is C20H16N4O3S. The van der Waals surface area contributed by atoms with Crippen molar-refractivity contribution >= 4 is 44.8 Å². The van der Waals surface area contributed by atoms with Crippen molar-refractivity contribution in [3.8, 4) is 0 Å². The molecule has 0 atom stereocenters. The van der Waals surface area contributed by atoms with Crippen molar-refractivity contribution < 1.29 is 4.92 Å². The first-order chi connectivity index (χ1) is 13.6. The van der Waals surface area contributed by atoms with Gasteiger partial charge in [-0.1, -0.05) is 23.5 Å². The third-order valence-corrected chi connectivity index (χ3v) is 6.07. The molecule has 8 heteroatoms. The Hall–Kier alpha value is -3.26. The molecule has 0 radical (unpaired) electrons. The summed E-state index contributed by atoms with van der Waals surface area (Å²) in [5, 5.41) is 11.3. The molecule has 0 N–H and O–H groups in total. The number of aromatic nitrogens is 2. The molecule has 5 rings (SSSR count). The van der Waals surface area contributed by atoms with E-state index in [9.17, 15) is 14.9 Å². The quantitative estimate of drug-likeness (QED) is 0.396. The smallest absolute Gasteiger partial charge is 0.274 e. The van der Waals surface area contributed by atoms with Crippen LogP contribution in [0.5, 0.6) is 0 Å². The second-order valence-electron chi connectivity index (χ2n) is 6.83. The Morgan fingerprint density at radius 1 is 1.14 bits per heavy atom. The Labute approximate surface area is 163 Å². The van der Waals surface area contributed by atoms with Crippen molar-refractivity contribution in [2.24, 2.45) is 0 Å². The van der Waals surface area contributed by atoms with Crippen molar-refractivity contribution in [3.63, 3.8) is 0 Å². The van der Waals surface area contributed by atoms with E-state index in [4.69, 9.17) is 0 Å². The maximum atomic E-state index is 13.0. The number of imidazole rings is 1. The van der Waals surface area contributed by atoms with Gasteiger partial charge in [0.05, 0.1) is 20.5 Å². The molecule has 1 saturated heterocycles. The van der Waals surface area contributed by atoms with Gasteiger partial charge in [-0.25, -0.2) is 9.38 Å². The number of para-hydroxylation sites is 2. The molecule has 2 aromatic carbocycles. The van der Waals surface area contributed by atoms with Gasteiger partial charge < -0.3 is 4.90 Å². The summed E-state index contributed by atoms with van der Waals surface area (Å²) in [7, 11) is 0. The van der Waals surface area contributed by atoms with Crippen molar-refractivity contribution in [1.29, 1.82) is 0 Å². The SMILES string of the molecule is O=c1/c(=C/c2cc([N+](=O)[O-])ccc2N2CCCC2)sc2nc3ccccc3n12. The number of rotatable bonds is 3. The zero-order chi connectivity index (χ0) is 19.3. The third-order valence-electron chi connectivity index (χ3n) is 5.10. The molecule has 3 heterocycles. The molecule has 0 bridgehead atoms. The zero-order valence-electron chi connectivity index (χ0n) is 14.9. The maximum Gasteiger partial charge on any atom is 0.274 e. The standard InChI is InChI=1S/C20H16N4O3S/c25-19-18(28-20-21-15-5-1-2-6-17(15)23(19)20)12-13-11-14(24(26)27)7-8-16(13)22-9-3-4-10-22/h1-2,5-8,11-12H,3-4,9-10H2/b18-12-. The van der Waals surface area contributed by atoms with E-state index < -0.39 is 4.92 Å². The Kier molecular flexibility index (Phi) is 3.87. The van der Waals surface area contributed by atoms with Crippen molar-refractivity contribution in [2.45, 2.75) is 12.8 Å². The molecule has 140 valence electrons. The van der Waals surface area contributed by atoms with E-state index in [1.54, 1.807) is 22.6 Å². The minimum absolute atomic E-state index is 0.0217. The summed E-state index contributed by atoms with van der Waals surface area (Å²) in [6.07, 6.45) is 3.96. The minimum Gasteiger partial charge on any atom is -0.371 e. The molecule has 0 amide bonds. The highest BCUT2D eigenvalue weighted by Crippen LogP contribution is 2.29. The predicted octanol–water partition coefficient (Wildman–Crippen LogP) is 2.97. The van der Waals surface area contributed by atoms with Gasteiger partial charge in [0.15, 0.2) is 4.96 Å². The van der Waals surface area contributed by atoms with Gasteiger partial charge in [0.25, 0.3) is 11.2 Å². The zero-order valence-corrected chi connectivity index (χ0v) is 15.7. The molecule has 2 aromatic heterocycles. The van der Waals surface area contributed by atoms with Crippen LogP contribution < -0.4 is 15.0 Å². The molecular weight excluding hydrogens is 376 g/mol. The van der Waals surface area contributed by atoms with Crippen LogP contribution in [0.3, 0.4) is 0 Å². The summed E-state index contributed by atoms with van der Waals surface area (Å²) in [5.74, 6) is 0. The van der Waals surface area contributed by atoms with Gasteiger partial charge in [-0.2, -0.15) is 0 Å². The fourth-order valence-corrected chi connectivity index (χ4v) is 4.75.